The van der Waals surface area contributed by atoms with Gasteiger partial charge in [0.2, 0.25) is 5.91 Å². The minimum absolute atomic E-state index is 0. The van der Waals surface area contributed by atoms with Crippen LogP contribution in [0, 0.1) is 0 Å². The molecule has 2 amide bonds. The maximum Gasteiger partial charge on any atom is 0.257 e. The molecule has 1 aromatic rings. The molecule has 0 aliphatic carbocycles. The van der Waals surface area contributed by atoms with Gasteiger partial charge in [0.25, 0.3) is 5.91 Å². The highest BCUT2D eigenvalue weighted by Crippen LogP contribution is 2.25. The average Bonchev–Trinajstić information content (AvgIpc) is 2.57. The molecule has 8 heteroatoms. The molecule has 2 aliphatic rings. The summed E-state index contributed by atoms with van der Waals surface area (Å²) in [7, 11) is 0. The van der Waals surface area contributed by atoms with Crippen LogP contribution in [0.3, 0.4) is 0 Å². The van der Waals surface area contributed by atoms with Crippen molar-refractivity contribution in [1.82, 2.24) is 15.1 Å². The number of carbonyl (C=O) groups is 2. The van der Waals surface area contributed by atoms with E-state index >= 15 is 0 Å². The lowest BCUT2D eigenvalue weighted by atomic mass is 10.0. The van der Waals surface area contributed by atoms with E-state index < -0.39 is 0 Å². The minimum Gasteiger partial charge on any atom is -0.507 e. The van der Waals surface area contributed by atoms with Gasteiger partial charge in [0.15, 0.2) is 0 Å². The third kappa shape index (κ3) is 4.02. The smallest absolute Gasteiger partial charge is 0.257 e. The number of halogens is 2. The molecule has 2 aliphatic heterocycles. The van der Waals surface area contributed by atoms with Crippen LogP contribution in [-0.2, 0) is 4.79 Å². The van der Waals surface area contributed by atoms with Gasteiger partial charge in [-0.2, -0.15) is 0 Å². The molecule has 1 aromatic carbocycles. The van der Waals surface area contributed by atoms with Gasteiger partial charge in [-0.05, 0) is 31.0 Å². The van der Waals surface area contributed by atoms with E-state index in [9.17, 15) is 14.7 Å². The highest BCUT2D eigenvalue weighted by atomic mass is 79.9. The number of hydrogen-bond acceptors (Lipinski definition) is 4. The van der Waals surface area contributed by atoms with Crippen LogP contribution < -0.4 is 5.32 Å². The van der Waals surface area contributed by atoms with E-state index in [2.05, 4.69) is 21.2 Å². The van der Waals surface area contributed by atoms with Gasteiger partial charge in [-0.15, -0.1) is 12.4 Å². The minimum atomic E-state index is -0.184. The van der Waals surface area contributed by atoms with Crippen LogP contribution >= 0.6 is 28.3 Å². The highest BCUT2D eigenvalue weighted by molar-refractivity contribution is 9.10. The first kappa shape index (κ1) is 19.0. The predicted octanol–water partition coefficient (Wildman–Crippen LogP) is 1.61. The largest absolute Gasteiger partial charge is 0.507 e. The summed E-state index contributed by atoms with van der Waals surface area (Å²) in [4.78, 5) is 28.4. The quantitative estimate of drug-likeness (QED) is 0.765. The third-order valence-electron chi connectivity index (χ3n) is 4.44. The number of piperidine rings is 1. The Labute approximate surface area is 155 Å². The van der Waals surface area contributed by atoms with Gasteiger partial charge in [0.05, 0.1) is 12.1 Å². The first-order valence-corrected chi connectivity index (χ1v) is 8.63. The summed E-state index contributed by atoms with van der Waals surface area (Å²) in [5, 5.41) is 13.0. The Hall–Kier alpha value is -1.31. The SMILES string of the molecule is Cl.O=C(c1cc(Br)ccc1O)N1CCCC(N2CCNCC2=O)C1. The van der Waals surface area contributed by atoms with Crippen LogP contribution in [0.2, 0.25) is 0 Å². The van der Waals surface area contributed by atoms with Crippen LogP contribution in [0.5, 0.6) is 5.75 Å². The van der Waals surface area contributed by atoms with E-state index in [-0.39, 0.29) is 36.0 Å². The number of likely N-dealkylation sites (tertiary alicyclic amines) is 1. The Morgan fingerprint density at radius 1 is 1.33 bits per heavy atom. The normalized spacial score (nSPS) is 21.4. The first-order chi connectivity index (χ1) is 11.1. The van der Waals surface area contributed by atoms with Crippen molar-refractivity contribution < 1.29 is 14.7 Å². The predicted molar refractivity (Wildman–Crippen MR) is 96.6 cm³/mol. The number of benzene rings is 1. The average molecular weight is 419 g/mol. The number of phenols is 1. The summed E-state index contributed by atoms with van der Waals surface area (Å²) >= 11 is 3.33. The molecule has 132 valence electrons. The lowest BCUT2D eigenvalue weighted by Gasteiger charge is -2.41. The van der Waals surface area contributed by atoms with Gasteiger partial charge in [-0.25, -0.2) is 0 Å². The van der Waals surface area contributed by atoms with E-state index in [0.29, 0.717) is 31.7 Å². The van der Waals surface area contributed by atoms with Crippen LogP contribution in [0.15, 0.2) is 22.7 Å². The summed E-state index contributed by atoms with van der Waals surface area (Å²) in [6.07, 6.45) is 1.78. The van der Waals surface area contributed by atoms with Crippen LogP contribution in [0.4, 0.5) is 0 Å². The molecular weight excluding hydrogens is 398 g/mol. The molecule has 6 nitrogen and oxygen atoms in total. The van der Waals surface area contributed by atoms with Crippen LogP contribution in [0.25, 0.3) is 0 Å². The van der Waals surface area contributed by atoms with Gasteiger partial charge in [-0.3, -0.25) is 9.59 Å². The van der Waals surface area contributed by atoms with Crippen molar-refractivity contribution in [2.75, 3.05) is 32.7 Å². The van der Waals surface area contributed by atoms with E-state index in [1.807, 2.05) is 4.90 Å². The standard InChI is InChI=1S/C16H20BrN3O3.ClH/c17-11-3-4-14(21)13(8-11)16(23)19-6-1-2-12(10-19)20-7-5-18-9-15(20)22;/h3-4,8,12,18,21H,1-2,5-7,9-10H2;1H. The van der Waals surface area contributed by atoms with Gasteiger partial charge in [-0.1, -0.05) is 15.9 Å². The van der Waals surface area contributed by atoms with E-state index in [1.165, 1.54) is 6.07 Å². The van der Waals surface area contributed by atoms with E-state index in [0.717, 1.165) is 23.9 Å². The Morgan fingerprint density at radius 2 is 2.12 bits per heavy atom. The molecule has 0 bridgehead atoms. The molecule has 2 saturated heterocycles. The molecule has 0 aromatic heterocycles. The van der Waals surface area contributed by atoms with Crippen molar-refractivity contribution in [1.29, 1.82) is 0 Å². The van der Waals surface area contributed by atoms with E-state index in [4.69, 9.17) is 0 Å². The number of phenolic OH excluding ortho intramolecular Hbond substituents is 1. The fourth-order valence-corrected chi connectivity index (χ4v) is 3.61. The number of nitrogens with one attached hydrogen (secondary N) is 1. The lowest BCUT2D eigenvalue weighted by molar-refractivity contribution is -0.135. The Bertz CT molecular complexity index is 629. The molecule has 0 spiro atoms. The second-order valence-corrected chi connectivity index (χ2v) is 6.89. The Balaban J connectivity index is 0.00000208. The second-order valence-electron chi connectivity index (χ2n) is 5.97. The number of rotatable bonds is 2. The number of carbonyl (C=O) groups excluding carboxylic acids is 2. The number of amides is 2. The van der Waals surface area contributed by atoms with Crippen molar-refractivity contribution >= 4 is 40.2 Å². The van der Waals surface area contributed by atoms with Crippen molar-refractivity contribution in [2.24, 2.45) is 0 Å². The maximum absolute atomic E-state index is 12.7. The van der Waals surface area contributed by atoms with Crippen molar-refractivity contribution in [3.63, 3.8) is 0 Å². The van der Waals surface area contributed by atoms with Gasteiger partial charge < -0.3 is 20.2 Å². The fourth-order valence-electron chi connectivity index (χ4n) is 3.25. The van der Waals surface area contributed by atoms with Crippen LogP contribution in [-0.4, -0.2) is 65.5 Å². The van der Waals surface area contributed by atoms with Gasteiger partial charge in [0, 0.05) is 36.7 Å². The molecule has 0 radical (unpaired) electrons. The first-order valence-electron chi connectivity index (χ1n) is 7.84. The molecule has 2 fully saturated rings. The monoisotopic (exact) mass is 417 g/mol. The zero-order valence-corrected chi connectivity index (χ0v) is 15.6. The Morgan fingerprint density at radius 3 is 2.88 bits per heavy atom. The summed E-state index contributed by atoms with van der Waals surface area (Å²) in [5.41, 5.74) is 0.298. The number of piperazine rings is 1. The molecule has 3 rings (SSSR count). The third-order valence-corrected chi connectivity index (χ3v) is 4.93. The zero-order chi connectivity index (χ0) is 16.4. The fraction of sp³-hybridized carbons (Fsp3) is 0.500. The summed E-state index contributed by atoms with van der Waals surface area (Å²) in [5.74, 6) is -0.101. The molecule has 1 unspecified atom stereocenters. The summed E-state index contributed by atoms with van der Waals surface area (Å²) < 4.78 is 0.754. The van der Waals surface area contributed by atoms with Crippen molar-refractivity contribution in [2.45, 2.75) is 18.9 Å². The topological polar surface area (TPSA) is 72.9 Å². The maximum atomic E-state index is 12.7. The number of aromatic hydroxyl groups is 1. The molecule has 0 saturated carbocycles. The van der Waals surface area contributed by atoms with Gasteiger partial charge >= 0.3 is 0 Å². The summed E-state index contributed by atoms with van der Waals surface area (Å²) in [6.45, 7) is 3.03. The molecule has 1 atom stereocenters. The molecular formula is C16H21BrClN3O3. The highest BCUT2D eigenvalue weighted by Gasteiger charge is 2.32. The molecule has 2 N–H and O–H groups in total. The van der Waals surface area contributed by atoms with Gasteiger partial charge in [0.1, 0.15) is 5.75 Å². The number of nitrogens with zero attached hydrogens (tertiary/aromatic N) is 2. The molecule has 2 heterocycles. The van der Waals surface area contributed by atoms with E-state index in [1.54, 1.807) is 17.0 Å². The zero-order valence-electron chi connectivity index (χ0n) is 13.2. The Kier molecular flexibility index (Phi) is 6.48. The van der Waals surface area contributed by atoms with Crippen molar-refractivity contribution in [3.05, 3.63) is 28.2 Å². The van der Waals surface area contributed by atoms with Crippen molar-refractivity contribution in [3.8, 4) is 5.75 Å². The molecule has 24 heavy (non-hydrogen) atoms. The summed E-state index contributed by atoms with van der Waals surface area (Å²) in [6, 6.07) is 4.91. The second kappa shape index (κ2) is 8.18. The lowest BCUT2D eigenvalue weighted by Crippen LogP contribution is -2.57. The van der Waals surface area contributed by atoms with Crippen LogP contribution in [0.1, 0.15) is 23.2 Å². The number of hydrogen-bond donors (Lipinski definition) is 2.